The first kappa shape index (κ1) is 20.0. The third-order valence-electron chi connectivity index (χ3n) is 3.34. The van der Waals surface area contributed by atoms with Crippen LogP contribution < -0.4 is 10.1 Å². The maximum atomic E-state index is 12.6. The minimum Gasteiger partial charge on any atom is -0.406 e. The number of anilines is 1. The molecule has 9 heteroatoms. The number of hydrogen-bond acceptors (Lipinski definition) is 5. The van der Waals surface area contributed by atoms with Crippen molar-refractivity contribution in [3.63, 3.8) is 0 Å². The number of carbonyl (C=O) groups excluding carboxylic acids is 1. The molecule has 26 heavy (non-hydrogen) atoms. The molecule has 140 valence electrons. The summed E-state index contributed by atoms with van der Waals surface area (Å²) in [6.45, 7) is 5.60. The molecule has 0 aliphatic carbocycles. The number of carbonyl (C=O) groups is 1. The van der Waals surface area contributed by atoms with Crippen molar-refractivity contribution in [2.24, 2.45) is 0 Å². The number of halogens is 3. The SMILES string of the molecule is CSc1nc(C(C)C)nc(C)c1C(=O)Nc1cccc(OC(F)(F)F)c1. The highest BCUT2D eigenvalue weighted by Gasteiger charge is 2.31. The number of amides is 1. The highest BCUT2D eigenvalue weighted by Crippen LogP contribution is 2.27. The van der Waals surface area contributed by atoms with Gasteiger partial charge in [-0.05, 0) is 25.3 Å². The molecular weight excluding hydrogens is 367 g/mol. The second-order valence-electron chi connectivity index (χ2n) is 5.74. The number of nitrogens with zero attached hydrogens (tertiary/aromatic N) is 2. The molecular formula is C17H18F3N3O2S. The molecule has 0 fully saturated rings. The van der Waals surface area contributed by atoms with Gasteiger partial charge in [-0.3, -0.25) is 4.79 Å². The fourth-order valence-corrected chi connectivity index (χ4v) is 2.83. The lowest BCUT2D eigenvalue weighted by molar-refractivity contribution is -0.274. The van der Waals surface area contributed by atoms with Gasteiger partial charge < -0.3 is 10.1 Å². The Balaban J connectivity index is 2.29. The van der Waals surface area contributed by atoms with Crippen LogP contribution in [0.1, 0.15) is 41.6 Å². The molecule has 1 aromatic heterocycles. The van der Waals surface area contributed by atoms with Crippen LogP contribution in [0, 0.1) is 6.92 Å². The number of rotatable bonds is 5. The summed E-state index contributed by atoms with van der Waals surface area (Å²) in [5, 5.41) is 3.08. The first-order valence-corrected chi connectivity index (χ1v) is 8.93. The zero-order valence-electron chi connectivity index (χ0n) is 14.6. The van der Waals surface area contributed by atoms with E-state index in [1.54, 1.807) is 13.2 Å². The molecule has 2 rings (SSSR count). The van der Waals surface area contributed by atoms with Gasteiger partial charge in [0.2, 0.25) is 0 Å². The van der Waals surface area contributed by atoms with Gasteiger partial charge >= 0.3 is 6.36 Å². The minimum absolute atomic E-state index is 0.105. The summed E-state index contributed by atoms with van der Waals surface area (Å²) in [6, 6.07) is 5.08. The summed E-state index contributed by atoms with van der Waals surface area (Å²) in [6.07, 6.45) is -3.01. The minimum atomic E-state index is -4.80. The van der Waals surface area contributed by atoms with Gasteiger partial charge in [0.15, 0.2) is 0 Å². The molecule has 0 unspecified atom stereocenters. The van der Waals surface area contributed by atoms with E-state index >= 15 is 0 Å². The van der Waals surface area contributed by atoms with Gasteiger partial charge in [0.1, 0.15) is 16.6 Å². The predicted octanol–water partition coefficient (Wildman–Crippen LogP) is 4.78. The van der Waals surface area contributed by atoms with Crippen molar-refractivity contribution in [1.29, 1.82) is 0 Å². The number of ether oxygens (including phenoxy) is 1. The van der Waals surface area contributed by atoms with Crippen molar-refractivity contribution >= 4 is 23.4 Å². The van der Waals surface area contributed by atoms with Crippen LogP contribution in [0.2, 0.25) is 0 Å². The van der Waals surface area contributed by atoms with Gasteiger partial charge in [-0.15, -0.1) is 24.9 Å². The molecule has 0 spiro atoms. The number of aryl methyl sites for hydroxylation is 1. The molecule has 1 N–H and O–H groups in total. The normalized spacial score (nSPS) is 11.5. The molecule has 0 aliphatic heterocycles. The number of nitrogens with one attached hydrogen (secondary N) is 1. The quantitative estimate of drug-likeness (QED) is 0.593. The number of aromatic nitrogens is 2. The summed E-state index contributed by atoms with van der Waals surface area (Å²) in [5.74, 6) is -0.174. The molecule has 2 aromatic rings. The predicted molar refractivity (Wildman–Crippen MR) is 93.7 cm³/mol. The van der Waals surface area contributed by atoms with E-state index in [-0.39, 0.29) is 11.6 Å². The number of alkyl halides is 3. The summed E-state index contributed by atoms with van der Waals surface area (Å²) in [5.41, 5.74) is 0.980. The highest BCUT2D eigenvalue weighted by atomic mass is 32.2. The number of benzene rings is 1. The van der Waals surface area contributed by atoms with E-state index in [1.165, 1.54) is 23.9 Å². The van der Waals surface area contributed by atoms with Crippen molar-refractivity contribution in [3.8, 4) is 5.75 Å². The van der Waals surface area contributed by atoms with E-state index < -0.39 is 18.0 Å². The molecule has 1 aromatic carbocycles. The summed E-state index contributed by atoms with van der Waals surface area (Å²) >= 11 is 1.31. The second kappa shape index (κ2) is 7.94. The van der Waals surface area contributed by atoms with Gasteiger partial charge in [0.25, 0.3) is 5.91 Å². The first-order valence-electron chi connectivity index (χ1n) is 7.70. The van der Waals surface area contributed by atoms with Crippen LogP contribution in [-0.2, 0) is 0 Å². The van der Waals surface area contributed by atoms with Crippen molar-refractivity contribution in [3.05, 3.63) is 41.3 Å². The van der Waals surface area contributed by atoms with E-state index in [4.69, 9.17) is 0 Å². The Hall–Kier alpha value is -2.29. The van der Waals surface area contributed by atoms with E-state index in [9.17, 15) is 18.0 Å². The third-order valence-corrected chi connectivity index (χ3v) is 4.02. The molecule has 0 bridgehead atoms. The zero-order valence-corrected chi connectivity index (χ0v) is 15.5. The molecule has 5 nitrogen and oxygen atoms in total. The number of hydrogen-bond donors (Lipinski definition) is 1. The van der Waals surface area contributed by atoms with Crippen LogP contribution in [-0.4, -0.2) is 28.5 Å². The second-order valence-corrected chi connectivity index (χ2v) is 6.53. The lowest BCUT2D eigenvalue weighted by Gasteiger charge is -2.14. The maximum absolute atomic E-state index is 12.6. The average molecular weight is 385 g/mol. The Morgan fingerprint density at radius 3 is 2.54 bits per heavy atom. The highest BCUT2D eigenvalue weighted by molar-refractivity contribution is 7.98. The molecule has 0 atom stereocenters. The standard InChI is InChI=1S/C17H18F3N3O2S/c1-9(2)14-21-10(3)13(16(23-14)26-4)15(24)22-11-6-5-7-12(8-11)25-17(18,19)20/h5-9H,1-4H3,(H,22,24). The fourth-order valence-electron chi connectivity index (χ4n) is 2.20. The molecule has 1 amide bonds. The maximum Gasteiger partial charge on any atom is 0.573 e. The summed E-state index contributed by atoms with van der Waals surface area (Å²) < 4.78 is 40.8. The molecule has 0 aliphatic rings. The van der Waals surface area contributed by atoms with Crippen LogP contribution >= 0.6 is 11.8 Å². The topological polar surface area (TPSA) is 64.1 Å². The lowest BCUT2D eigenvalue weighted by Crippen LogP contribution is -2.19. The van der Waals surface area contributed by atoms with E-state index in [2.05, 4.69) is 20.0 Å². The molecule has 0 saturated heterocycles. The average Bonchev–Trinajstić information content (AvgIpc) is 2.52. The van der Waals surface area contributed by atoms with Crippen LogP contribution in [0.5, 0.6) is 5.75 Å². The molecule has 0 saturated carbocycles. The third kappa shape index (κ3) is 5.10. The van der Waals surface area contributed by atoms with Crippen molar-refractivity contribution in [1.82, 2.24) is 9.97 Å². The van der Waals surface area contributed by atoms with Crippen LogP contribution in [0.4, 0.5) is 18.9 Å². The lowest BCUT2D eigenvalue weighted by atomic mass is 10.1. The van der Waals surface area contributed by atoms with Gasteiger partial charge in [-0.2, -0.15) is 0 Å². The smallest absolute Gasteiger partial charge is 0.406 e. The van der Waals surface area contributed by atoms with Crippen molar-refractivity contribution in [2.75, 3.05) is 11.6 Å². The Morgan fingerprint density at radius 1 is 1.27 bits per heavy atom. The van der Waals surface area contributed by atoms with Gasteiger partial charge in [-0.25, -0.2) is 9.97 Å². The van der Waals surface area contributed by atoms with Crippen molar-refractivity contribution < 1.29 is 22.7 Å². The number of thioether (sulfide) groups is 1. The van der Waals surface area contributed by atoms with Gasteiger partial charge in [-0.1, -0.05) is 19.9 Å². The van der Waals surface area contributed by atoms with Crippen LogP contribution in [0.3, 0.4) is 0 Å². The Bertz CT molecular complexity index is 810. The summed E-state index contributed by atoms with van der Waals surface area (Å²) in [4.78, 5) is 21.4. The Kier molecular flexibility index (Phi) is 6.12. The van der Waals surface area contributed by atoms with Gasteiger partial charge in [0.05, 0.1) is 11.3 Å². The zero-order chi connectivity index (χ0) is 19.5. The van der Waals surface area contributed by atoms with E-state index in [1.807, 2.05) is 13.8 Å². The van der Waals surface area contributed by atoms with Crippen LogP contribution in [0.25, 0.3) is 0 Å². The van der Waals surface area contributed by atoms with E-state index in [0.717, 1.165) is 12.1 Å². The molecule has 0 radical (unpaired) electrons. The Morgan fingerprint density at radius 2 is 1.96 bits per heavy atom. The van der Waals surface area contributed by atoms with Crippen molar-refractivity contribution in [2.45, 2.75) is 38.1 Å². The largest absolute Gasteiger partial charge is 0.573 e. The fraction of sp³-hybridized carbons (Fsp3) is 0.353. The van der Waals surface area contributed by atoms with E-state index in [0.29, 0.717) is 22.1 Å². The molecule has 1 heterocycles. The Labute approximate surface area is 153 Å². The first-order chi connectivity index (χ1) is 12.1. The monoisotopic (exact) mass is 385 g/mol. The van der Waals surface area contributed by atoms with Gasteiger partial charge in [0, 0.05) is 17.7 Å². The van der Waals surface area contributed by atoms with Crippen LogP contribution in [0.15, 0.2) is 29.3 Å². The summed E-state index contributed by atoms with van der Waals surface area (Å²) in [7, 11) is 0.